The van der Waals surface area contributed by atoms with Crippen LogP contribution in [-0.4, -0.2) is 38.5 Å². The van der Waals surface area contributed by atoms with E-state index in [1.807, 2.05) is 6.92 Å². The van der Waals surface area contributed by atoms with Crippen LogP contribution in [0.25, 0.3) is 0 Å². The highest BCUT2D eigenvalue weighted by molar-refractivity contribution is 9.11. The van der Waals surface area contributed by atoms with Crippen LogP contribution in [0.15, 0.2) is 14.7 Å². The maximum absolute atomic E-state index is 12.6. The molecule has 2 rings (SSSR count). The molecular formula is C11H17BrN2O3S2. The molecule has 2 unspecified atom stereocenters. The van der Waals surface area contributed by atoms with Gasteiger partial charge in [-0.15, -0.1) is 11.3 Å². The summed E-state index contributed by atoms with van der Waals surface area (Å²) >= 11 is 4.67. The van der Waals surface area contributed by atoms with Gasteiger partial charge in [-0.25, -0.2) is 8.42 Å². The Balaban J connectivity index is 2.33. The molecule has 1 aromatic heterocycles. The molecule has 5 nitrogen and oxygen atoms in total. The lowest BCUT2D eigenvalue weighted by atomic mass is 10.2. The van der Waals surface area contributed by atoms with Crippen LogP contribution in [0.2, 0.25) is 0 Å². The van der Waals surface area contributed by atoms with Crippen molar-refractivity contribution in [1.29, 1.82) is 0 Å². The summed E-state index contributed by atoms with van der Waals surface area (Å²) in [6, 6.07) is 1.53. The van der Waals surface area contributed by atoms with Crippen LogP contribution in [-0.2, 0) is 21.3 Å². The van der Waals surface area contributed by atoms with Gasteiger partial charge in [0.2, 0.25) is 10.0 Å². The summed E-state index contributed by atoms with van der Waals surface area (Å²) in [5.41, 5.74) is 5.56. The normalized spacial score (nSPS) is 24.3. The molecule has 0 saturated carbocycles. The van der Waals surface area contributed by atoms with Crippen LogP contribution >= 0.6 is 27.3 Å². The summed E-state index contributed by atoms with van der Waals surface area (Å²) in [5, 5.41) is 0. The summed E-state index contributed by atoms with van der Waals surface area (Å²) in [4.78, 5) is 1.13. The lowest BCUT2D eigenvalue weighted by Gasteiger charge is -2.25. The minimum atomic E-state index is -3.51. The van der Waals surface area contributed by atoms with E-state index < -0.39 is 10.0 Å². The van der Waals surface area contributed by atoms with Gasteiger partial charge in [-0.3, -0.25) is 0 Å². The fourth-order valence-corrected chi connectivity index (χ4v) is 6.16. The largest absolute Gasteiger partial charge is 0.377 e. The standard InChI is InChI=1S/C11H17BrN2O3S2/c1-7-9(3-4-17-7)14(2)19(15,16)10-5-8(6-13)18-11(10)12/h5,7,9H,3-4,6,13H2,1-2H3. The van der Waals surface area contributed by atoms with E-state index in [1.54, 1.807) is 13.1 Å². The fourth-order valence-electron chi connectivity index (χ4n) is 2.21. The maximum atomic E-state index is 12.6. The number of ether oxygens (including phenoxy) is 1. The highest BCUT2D eigenvalue weighted by Gasteiger charge is 2.36. The van der Waals surface area contributed by atoms with Gasteiger partial charge in [-0.05, 0) is 35.3 Å². The Kier molecular flexibility index (Phi) is 4.69. The quantitative estimate of drug-likeness (QED) is 0.878. The highest BCUT2D eigenvalue weighted by Crippen LogP contribution is 2.34. The number of likely N-dealkylation sites (N-methyl/N-ethyl adjacent to an activating group) is 1. The Labute approximate surface area is 125 Å². The third-order valence-corrected chi connectivity index (χ3v) is 7.53. The van der Waals surface area contributed by atoms with Crippen LogP contribution in [0.1, 0.15) is 18.2 Å². The molecule has 19 heavy (non-hydrogen) atoms. The number of sulfonamides is 1. The van der Waals surface area contributed by atoms with E-state index >= 15 is 0 Å². The highest BCUT2D eigenvalue weighted by atomic mass is 79.9. The second kappa shape index (κ2) is 5.79. The van der Waals surface area contributed by atoms with Crippen molar-refractivity contribution >= 4 is 37.3 Å². The van der Waals surface area contributed by atoms with Gasteiger partial charge >= 0.3 is 0 Å². The van der Waals surface area contributed by atoms with Crippen molar-refractivity contribution in [3.8, 4) is 0 Å². The first kappa shape index (κ1) is 15.4. The second-order valence-corrected chi connectivity index (χ2v) is 8.93. The molecule has 0 aliphatic carbocycles. The number of nitrogens with two attached hydrogens (primary N) is 1. The summed E-state index contributed by atoms with van der Waals surface area (Å²) in [7, 11) is -1.91. The minimum absolute atomic E-state index is 0.0776. The number of hydrogen-bond donors (Lipinski definition) is 1. The zero-order valence-corrected chi connectivity index (χ0v) is 14.0. The SMILES string of the molecule is CC1OCCC1N(C)S(=O)(=O)c1cc(CN)sc1Br. The molecule has 8 heteroatoms. The van der Waals surface area contributed by atoms with Crippen LogP contribution in [0.5, 0.6) is 0 Å². The van der Waals surface area contributed by atoms with Gasteiger partial charge in [0.1, 0.15) is 4.90 Å². The summed E-state index contributed by atoms with van der Waals surface area (Å²) in [6.07, 6.45) is 0.647. The van der Waals surface area contributed by atoms with Gasteiger partial charge in [-0.2, -0.15) is 4.31 Å². The lowest BCUT2D eigenvalue weighted by molar-refractivity contribution is 0.102. The van der Waals surface area contributed by atoms with Gasteiger partial charge in [0, 0.05) is 25.1 Å². The van der Waals surface area contributed by atoms with Gasteiger partial charge in [0.25, 0.3) is 0 Å². The van der Waals surface area contributed by atoms with Crippen molar-refractivity contribution in [3.05, 3.63) is 14.7 Å². The van der Waals surface area contributed by atoms with Crippen molar-refractivity contribution in [2.45, 2.75) is 36.9 Å². The Morgan fingerprint density at radius 2 is 2.32 bits per heavy atom. The molecule has 2 N–H and O–H groups in total. The molecule has 0 bridgehead atoms. The third kappa shape index (κ3) is 2.88. The summed E-state index contributed by atoms with van der Waals surface area (Å²) < 4.78 is 32.7. The molecule has 0 radical (unpaired) electrons. The van der Waals surface area contributed by atoms with E-state index in [4.69, 9.17) is 10.5 Å². The fraction of sp³-hybridized carbons (Fsp3) is 0.636. The van der Waals surface area contributed by atoms with Crippen LogP contribution in [0.4, 0.5) is 0 Å². The van der Waals surface area contributed by atoms with Crippen molar-refractivity contribution in [2.75, 3.05) is 13.7 Å². The van der Waals surface area contributed by atoms with E-state index in [0.29, 0.717) is 21.8 Å². The van der Waals surface area contributed by atoms with Crippen molar-refractivity contribution in [2.24, 2.45) is 5.73 Å². The molecule has 1 saturated heterocycles. The van der Waals surface area contributed by atoms with E-state index in [0.717, 1.165) is 11.3 Å². The average Bonchev–Trinajstić information content (AvgIpc) is 2.94. The Morgan fingerprint density at radius 3 is 2.79 bits per heavy atom. The zero-order valence-electron chi connectivity index (χ0n) is 10.8. The lowest BCUT2D eigenvalue weighted by Crippen LogP contribution is -2.40. The topological polar surface area (TPSA) is 72.6 Å². The van der Waals surface area contributed by atoms with Crippen molar-refractivity contribution < 1.29 is 13.2 Å². The second-order valence-electron chi connectivity index (χ2n) is 4.51. The molecule has 0 amide bonds. The number of nitrogens with zero attached hydrogens (tertiary/aromatic N) is 1. The van der Waals surface area contributed by atoms with Gasteiger partial charge in [-0.1, -0.05) is 0 Å². The van der Waals surface area contributed by atoms with E-state index in [2.05, 4.69) is 15.9 Å². The van der Waals surface area contributed by atoms with Crippen molar-refractivity contribution in [1.82, 2.24) is 4.31 Å². The molecule has 1 aromatic rings. The van der Waals surface area contributed by atoms with Crippen LogP contribution in [0.3, 0.4) is 0 Å². The number of hydrogen-bond acceptors (Lipinski definition) is 5. The number of rotatable bonds is 4. The molecule has 2 atom stereocenters. The Hall–Kier alpha value is 0.01000. The molecular weight excluding hydrogens is 352 g/mol. The van der Waals surface area contributed by atoms with E-state index in [1.165, 1.54) is 15.6 Å². The first-order valence-corrected chi connectivity index (χ1v) is 9.00. The number of halogens is 1. The molecule has 2 heterocycles. The molecule has 0 aromatic carbocycles. The van der Waals surface area contributed by atoms with Gasteiger partial charge in [0.05, 0.1) is 15.9 Å². The third-order valence-electron chi connectivity index (χ3n) is 3.37. The Morgan fingerprint density at radius 1 is 1.63 bits per heavy atom. The first-order valence-electron chi connectivity index (χ1n) is 5.96. The van der Waals surface area contributed by atoms with E-state index in [9.17, 15) is 8.42 Å². The molecule has 1 aliphatic heterocycles. The Bertz CT molecular complexity index is 558. The molecule has 108 valence electrons. The van der Waals surface area contributed by atoms with Crippen molar-refractivity contribution in [3.63, 3.8) is 0 Å². The smallest absolute Gasteiger partial charge is 0.245 e. The predicted molar refractivity (Wildman–Crippen MR) is 78.7 cm³/mol. The van der Waals surface area contributed by atoms with Gasteiger partial charge < -0.3 is 10.5 Å². The zero-order chi connectivity index (χ0) is 14.2. The monoisotopic (exact) mass is 368 g/mol. The molecule has 1 fully saturated rings. The maximum Gasteiger partial charge on any atom is 0.245 e. The number of thiophene rings is 1. The predicted octanol–water partition coefficient (Wildman–Crippen LogP) is 1.77. The minimum Gasteiger partial charge on any atom is -0.377 e. The first-order chi connectivity index (χ1) is 8.87. The van der Waals surface area contributed by atoms with Crippen LogP contribution in [0, 0.1) is 0 Å². The van der Waals surface area contributed by atoms with Gasteiger partial charge in [0.15, 0.2) is 0 Å². The molecule has 0 spiro atoms. The average molecular weight is 369 g/mol. The summed E-state index contributed by atoms with van der Waals surface area (Å²) in [6.45, 7) is 2.84. The van der Waals surface area contributed by atoms with E-state index in [-0.39, 0.29) is 12.1 Å². The summed E-state index contributed by atoms with van der Waals surface area (Å²) in [5.74, 6) is 0. The molecule has 1 aliphatic rings. The van der Waals surface area contributed by atoms with Crippen LogP contribution < -0.4 is 5.73 Å².